The fraction of sp³-hybridized carbons (Fsp3) is 0.625. The zero-order valence-corrected chi connectivity index (χ0v) is 14.1. The SMILES string of the molecule is COC[C@@]12COC[C@@H]1CN(c1ncnc3sc(C)c(C)c13)C2. The molecule has 0 aromatic carbocycles. The van der Waals surface area contributed by atoms with Crippen molar-refractivity contribution in [2.75, 3.05) is 44.9 Å². The molecule has 2 aromatic rings. The zero-order valence-electron chi connectivity index (χ0n) is 13.3. The summed E-state index contributed by atoms with van der Waals surface area (Å²) in [6, 6.07) is 0. The van der Waals surface area contributed by atoms with Crippen molar-refractivity contribution in [3.63, 3.8) is 0 Å². The van der Waals surface area contributed by atoms with Crippen LogP contribution in [0.5, 0.6) is 0 Å². The summed E-state index contributed by atoms with van der Waals surface area (Å²) in [6.45, 7) is 8.64. The second-order valence-corrected chi connectivity index (χ2v) is 7.75. The number of aromatic nitrogens is 2. The van der Waals surface area contributed by atoms with Crippen molar-refractivity contribution < 1.29 is 9.47 Å². The van der Waals surface area contributed by atoms with Crippen LogP contribution in [0.15, 0.2) is 6.33 Å². The predicted octanol–water partition coefficient (Wildman–Crippen LogP) is 2.41. The molecular weight excluding hydrogens is 298 g/mol. The molecule has 2 fully saturated rings. The van der Waals surface area contributed by atoms with E-state index in [1.165, 1.54) is 15.8 Å². The molecule has 5 nitrogen and oxygen atoms in total. The number of methoxy groups -OCH3 is 1. The predicted molar refractivity (Wildman–Crippen MR) is 87.7 cm³/mol. The molecule has 0 amide bonds. The van der Waals surface area contributed by atoms with E-state index in [0.29, 0.717) is 5.92 Å². The molecule has 2 saturated heterocycles. The summed E-state index contributed by atoms with van der Waals surface area (Å²) in [5, 5.41) is 1.22. The molecule has 4 heterocycles. The molecule has 0 bridgehead atoms. The molecule has 22 heavy (non-hydrogen) atoms. The third-order valence-electron chi connectivity index (χ3n) is 5.20. The summed E-state index contributed by atoms with van der Waals surface area (Å²) < 4.78 is 11.2. The average Bonchev–Trinajstić information content (AvgIpc) is 3.11. The van der Waals surface area contributed by atoms with Gasteiger partial charge in [0, 0.05) is 36.4 Å². The smallest absolute Gasteiger partial charge is 0.141 e. The van der Waals surface area contributed by atoms with Gasteiger partial charge in [-0.3, -0.25) is 0 Å². The van der Waals surface area contributed by atoms with Gasteiger partial charge in [-0.1, -0.05) is 0 Å². The van der Waals surface area contributed by atoms with Crippen molar-refractivity contribution in [2.24, 2.45) is 11.3 Å². The first kappa shape index (κ1) is 14.4. The molecule has 6 heteroatoms. The summed E-state index contributed by atoms with van der Waals surface area (Å²) in [5.41, 5.74) is 1.43. The Labute approximate surface area is 134 Å². The number of hydrogen-bond donors (Lipinski definition) is 0. The Morgan fingerprint density at radius 1 is 1.45 bits per heavy atom. The maximum Gasteiger partial charge on any atom is 0.141 e. The van der Waals surface area contributed by atoms with Crippen molar-refractivity contribution >= 4 is 27.4 Å². The molecular formula is C16H21N3O2S. The van der Waals surface area contributed by atoms with E-state index < -0.39 is 0 Å². The number of nitrogens with zero attached hydrogens (tertiary/aromatic N) is 3. The lowest BCUT2D eigenvalue weighted by atomic mass is 9.82. The monoisotopic (exact) mass is 319 g/mol. The topological polar surface area (TPSA) is 47.5 Å². The molecule has 0 unspecified atom stereocenters. The number of aryl methyl sites for hydroxylation is 2. The van der Waals surface area contributed by atoms with Gasteiger partial charge in [0.15, 0.2) is 0 Å². The van der Waals surface area contributed by atoms with Crippen LogP contribution in [0.4, 0.5) is 5.82 Å². The van der Waals surface area contributed by atoms with Crippen LogP contribution in [0.2, 0.25) is 0 Å². The summed E-state index contributed by atoms with van der Waals surface area (Å²) in [7, 11) is 1.78. The van der Waals surface area contributed by atoms with Gasteiger partial charge in [-0.25, -0.2) is 9.97 Å². The number of thiophene rings is 1. The lowest BCUT2D eigenvalue weighted by Crippen LogP contribution is -2.35. The Balaban J connectivity index is 1.75. The lowest BCUT2D eigenvalue weighted by molar-refractivity contribution is 0.0660. The normalized spacial score (nSPS) is 27.8. The van der Waals surface area contributed by atoms with Crippen LogP contribution >= 0.6 is 11.3 Å². The van der Waals surface area contributed by atoms with Gasteiger partial charge in [-0.05, 0) is 19.4 Å². The summed E-state index contributed by atoms with van der Waals surface area (Å²) in [6.07, 6.45) is 1.70. The van der Waals surface area contributed by atoms with Crippen molar-refractivity contribution in [1.82, 2.24) is 9.97 Å². The van der Waals surface area contributed by atoms with Crippen LogP contribution in [-0.4, -0.2) is 50.0 Å². The molecule has 0 N–H and O–H groups in total. The van der Waals surface area contributed by atoms with E-state index in [1.807, 2.05) is 0 Å². The van der Waals surface area contributed by atoms with Crippen LogP contribution < -0.4 is 4.90 Å². The molecule has 0 spiro atoms. The minimum Gasteiger partial charge on any atom is -0.384 e. The highest BCUT2D eigenvalue weighted by Crippen LogP contribution is 2.44. The molecule has 0 saturated carbocycles. The Kier molecular flexibility index (Phi) is 3.36. The van der Waals surface area contributed by atoms with Crippen LogP contribution in [0.25, 0.3) is 10.2 Å². The quantitative estimate of drug-likeness (QED) is 0.869. The van der Waals surface area contributed by atoms with Gasteiger partial charge >= 0.3 is 0 Å². The maximum absolute atomic E-state index is 5.73. The van der Waals surface area contributed by atoms with Gasteiger partial charge in [-0.2, -0.15) is 0 Å². The Morgan fingerprint density at radius 3 is 3.14 bits per heavy atom. The highest BCUT2D eigenvalue weighted by molar-refractivity contribution is 7.18. The third-order valence-corrected chi connectivity index (χ3v) is 6.31. The van der Waals surface area contributed by atoms with Crippen molar-refractivity contribution in [3.8, 4) is 0 Å². The van der Waals surface area contributed by atoms with Gasteiger partial charge in [0.05, 0.1) is 25.2 Å². The summed E-state index contributed by atoms with van der Waals surface area (Å²) in [5.74, 6) is 1.61. The molecule has 4 rings (SSSR count). The van der Waals surface area contributed by atoms with E-state index in [9.17, 15) is 0 Å². The van der Waals surface area contributed by atoms with Crippen molar-refractivity contribution in [1.29, 1.82) is 0 Å². The summed E-state index contributed by atoms with van der Waals surface area (Å²) in [4.78, 5) is 13.9. The molecule has 0 aliphatic carbocycles. The largest absolute Gasteiger partial charge is 0.384 e. The molecule has 2 aromatic heterocycles. The van der Waals surface area contributed by atoms with Crippen LogP contribution in [0, 0.1) is 25.2 Å². The van der Waals surface area contributed by atoms with E-state index in [2.05, 4.69) is 28.7 Å². The van der Waals surface area contributed by atoms with E-state index in [1.54, 1.807) is 24.8 Å². The minimum absolute atomic E-state index is 0.116. The van der Waals surface area contributed by atoms with E-state index in [4.69, 9.17) is 9.47 Å². The molecule has 2 aliphatic heterocycles. The van der Waals surface area contributed by atoms with Crippen LogP contribution in [0.3, 0.4) is 0 Å². The number of fused-ring (bicyclic) bond motifs is 2. The van der Waals surface area contributed by atoms with Crippen molar-refractivity contribution in [2.45, 2.75) is 13.8 Å². The first-order valence-electron chi connectivity index (χ1n) is 7.67. The maximum atomic E-state index is 5.73. The van der Waals surface area contributed by atoms with E-state index in [-0.39, 0.29) is 5.41 Å². The minimum atomic E-state index is 0.116. The van der Waals surface area contributed by atoms with Gasteiger partial charge < -0.3 is 14.4 Å². The molecule has 2 atom stereocenters. The summed E-state index contributed by atoms with van der Waals surface area (Å²) >= 11 is 1.76. The molecule has 2 aliphatic rings. The standard InChI is InChI=1S/C16H21N3O2S/c1-10-11(2)22-15-13(10)14(17-9-18-15)19-4-12-5-21-8-16(12,6-19)7-20-3/h9,12H,4-8H2,1-3H3/t12-,16-/m0/s1. The van der Waals surface area contributed by atoms with E-state index >= 15 is 0 Å². The van der Waals surface area contributed by atoms with Crippen LogP contribution in [-0.2, 0) is 9.47 Å². The second-order valence-electron chi connectivity index (χ2n) is 6.55. The first-order valence-corrected chi connectivity index (χ1v) is 8.48. The first-order chi connectivity index (χ1) is 10.6. The number of hydrogen-bond acceptors (Lipinski definition) is 6. The van der Waals surface area contributed by atoms with Gasteiger partial charge in [-0.15, -0.1) is 11.3 Å². The zero-order chi connectivity index (χ0) is 15.3. The fourth-order valence-corrected chi connectivity index (χ4v) is 4.88. The Bertz CT molecular complexity index is 717. The van der Waals surface area contributed by atoms with Gasteiger partial charge in [0.25, 0.3) is 0 Å². The van der Waals surface area contributed by atoms with Crippen molar-refractivity contribution in [3.05, 3.63) is 16.8 Å². The fourth-order valence-electron chi connectivity index (χ4n) is 3.89. The number of rotatable bonds is 3. The highest BCUT2D eigenvalue weighted by atomic mass is 32.1. The number of anilines is 1. The Hall–Kier alpha value is -1.24. The van der Waals surface area contributed by atoms with Gasteiger partial charge in [0.2, 0.25) is 0 Å². The second kappa shape index (κ2) is 5.15. The average molecular weight is 319 g/mol. The highest BCUT2D eigenvalue weighted by Gasteiger charge is 2.51. The molecule has 118 valence electrons. The third kappa shape index (κ3) is 1.97. The van der Waals surface area contributed by atoms with Gasteiger partial charge in [0.1, 0.15) is 17.0 Å². The Morgan fingerprint density at radius 2 is 2.32 bits per heavy atom. The lowest BCUT2D eigenvalue weighted by Gasteiger charge is -2.26. The van der Waals surface area contributed by atoms with Crippen LogP contribution in [0.1, 0.15) is 10.4 Å². The van der Waals surface area contributed by atoms with E-state index in [0.717, 1.165) is 43.6 Å². The number of ether oxygens (including phenoxy) is 2. The molecule has 0 radical (unpaired) electrons.